The summed E-state index contributed by atoms with van der Waals surface area (Å²) in [5, 5.41) is 0. The SMILES string of the molecule is NC(CC(=O)CC1CCCC1)c1ccccc1. The topological polar surface area (TPSA) is 43.1 Å². The fourth-order valence-electron chi connectivity index (χ4n) is 2.68. The highest BCUT2D eigenvalue weighted by atomic mass is 16.1. The zero-order valence-electron chi connectivity index (χ0n) is 10.3. The maximum Gasteiger partial charge on any atom is 0.135 e. The normalized spacial score (nSPS) is 18.2. The van der Waals surface area contributed by atoms with E-state index in [0.717, 1.165) is 12.0 Å². The highest BCUT2D eigenvalue weighted by molar-refractivity contribution is 5.79. The Kier molecular flexibility index (Phi) is 4.32. The number of carbonyl (C=O) groups excluding carboxylic acids is 1. The van der Waals surface area contributed by atoms with Gasteiger partial charge in [0.2, 0.25) is 0 Å². The molecule has 1 fully saturated rings. The van der Waals surface area contributed by atoms with Crippen LogP contribution >= 0.6 is 0 Å². The summed E-state index contributed by atoms with van der Waals surface area (Å²) >= 11 is 0. The van der Waals surface area contributed by atoms with E-state index in [9.17, 15) is 4.79 Å². The molecule has 2 nitrogen and oxygen atoms in total. The summed E-state index contributed by atoms with van der Waals surface area (Å²) in [4.78, 5) is 11.9. The molecule has 0 amide bonds. The van der Waals surface area contributed by atoms with Gasteiger partial charge in [0, 0.05) is 18.9 Å². The Morgan fingerprint density at radius 2 is 1.88 bits per heavy atom. The van der Waals surface area contributed by atoms with Gasteiger partial charge in [-0.1, -0.05) is 56.0 Å². The van der Waals surface area contributed by atoms with Gasteiger partial charge in [-0.05, 0) is 11.5 Å². The molecule has 0 aliphatic heterocycles. The molecule has 1 aliphatic carbocycles. The largest absolute Gasteiger partial charge is 0.324 e. The van der Waals surface area contributed by atoms with Crippen LogP contribution < -0.4 is 5.73 Å². The van der Waals surface area contributed by atoms with Gasteiger partial charge in [0.05, 0.1) is 0 Å². The zero-order chi connectivity index (χ0) is 12.1. The van der Waals surface area contributed by atoms with Crippen molar-refractivity contribution in [3.8, 4) is 0 Å². The van der Waals surface area contributed by atoms with Gasteiger partial charge in [0.25, 0.3) is 0 Å². The molecule has 1 atom stereocenters. The lowest BCUT2D eigenvalue weighted by molar-refractivity contribution is -0.120. The Bertz CT molecular complexity index is 354. The molecule has 1 aromatic rings. The minimum absolute atomic E-state index is 0.134. The maximum absolute atomic E-state index is 11.9. The van der Waals surface area contributed by atoms with E-state index < -0.39 is 0 Å². The lowest BCUT2D eigenvalue weighted by Crippen LogP contribution is -2.16. The molecule has 1 aromatic carbocycles. The Labute approximate surface area is 103 Å². The predicted octanol–water partition coefficient (Wildman–Crippen LogP) is 3.23. The Morgan fingerprint density at radius 1 is 1.24 bits per heavy atom. The van der Waals surface area contributed by atoms with Crippen LogP contribution in [0, 0.1) is 5.92 Å². The summed E-state index contributed by atoms with van der Waals surface area (Å²) in [7, 11) is 0. The Hall–Kier alpha value is -1.15. The second-order valence-corrected chi connectivity index (χ2v) is 5.11. The lowest BCUT2D eigenvalue weighted by Gasteiger charge is -2.13. The van der Waals surface area contributed by atoms with Crippen LogP contribution in [-0.2, 0) is 4.79 Å². The van der Waals surface area contributed by atoms with Crippen LogP contribution in [0.4, 0.5) is 0 Å². The molecule has 2 heteroatoms. The summed E-state index contributed by atoms with van der Waals surface area (Å²) in [5.41, 5.74) is 7.11. The first-order valence-electron chi connectivity index (χ1n) is 6.58. The van der Waals surface area contributed by atoms with Gasteiger partial charge < -0.3 is 5.73 Å². The first kappa shape index (κ1) is 12.3. The minimum Gasteiger partial charge on any atom is -0.324 e. The van der Waals surface area contributed by atoms with Gasteiger partial charge in [0.15, 0.2) is 0 Å². The molecule has 0 aromatic heterocycles. The minimum atomic E-state index is -0.134. The molecule has 0 radical (unpaired) electrons. The maximum atomic E-state index is 11.9. The second-order valence-electron chi connectivity index (χ2n) is 5.11. The summed E-state index contributed by atoms with van der Waals surface area (Å²) in [6.45, 7) is 0. The molecule has 17 heavy (non-hydrogen) atoms. The van der Waals surface area contributed by atoms with Crippen molar-refractivity contribution in [2.45, 2.75) is 44.6 Å². The standard InChI is InChI=1S/C15H21NO/c16-15(13-8-2-1-3-9-13)11-14(17)10-12-6-4-5-7-12/h1-3,8-9,12,15H,4-7,10-11,16H2. The summed E-state index contributed by atoms with van der Waals surface area (Å²) in [5.74, 6) is 0.957. The molecule has 92 valence electrons. The number of hydrogen-bond acceptors (Lipinski definition) is 2. The van der Waals surface area contributed by atoms with Crippen LogP contribution in [0.1, 0.15) is 50.1 Å². The highest BCUT2D eigenvalue weighted by Gasteiger charge is 2.20. The predicted molar refractivity (Wildman–Crippen MR) is 69.6 cm³/mol. The van der Waals surface area contributed by atoms with Crippen molar-refractivity contribution in [2.75, 3.05) is 0 Å². The Morgan fingerprint density at radius 3 is 2.53 bits per heavy atom. The zero-order valence-corrected chi connectivity index (χ0v) is 10.3. The molecule has 2 rings (SSSR count). The van der Waals surface area contributed by atoms with Gasteiger partial charge in [0.1, 0.15) is 5.78 Å². The number of ketones is 1. The molecular formula is C15H21NO. The van der Waals surface area contributed by atoms with Crippen molar-refractivity contribution in [1.29, 1.82) is 0 Å². The summed E-state index contributed by atoms with van der Waals surface area (Å²) < 4.78 is 0. The molecule has 0 heterocycles. The number of hydrogen-bond donors (Lipinski definition) is 1. The fraction of sp³-hybridized carbons (Fsp3) is 0.533. The molecule has 0 saturated heterocycles. The van der Waals surface area contributed by atoms with Gasteiger partial charge in [-0.2, -0.15) is 0 Å². The van der Waals surface area contributed by atoms with E-state index in [4.69, 9.17) is 5.73 Å². The monoisotopic (exact) mass is 231 g/mol. The van der Waals surface area contributed by atoms with E-state index >= 15 is 0 Å². The molecule has 1 saturated carbocycles. The van der Waals surface area contributed by atoms with Crippen LogP contribution in [0.5, 0.6) is 0 Å². The van der Waals surface area contributed by atoms with E-state index in [1.54, 1.807) is 0 Å². The quantitative estimate of drug-likeness (QED) is 0.845. The first-order valence-corrected chi connectivity index (χ1v) is 6.58. The van der Waals surface area contributed by atoms with Crippen LogP contribution in [0.25, 0.3) is 0 Å². The fourth-order valence-corrected chi connectivity index (χ4v) is 2.68. The second kappa shape index (κ2) is 5.97. The molecule has 0 bridgehead atoms. The van der Waals surface area contributed by atoms with Gasteiger partial charge in [-0.3, -0.25) is 4.79 Å². The molecule has 1 aliphatic rings. The van der Waals surface area contributed by atoms with Crippen LogP contribution in [-0.4, -0.2) is 5.78 Å². The van der Waals surface area contributed by atoms with E-state index in [-0.39, 0.29) is 6.04 Å². The first-order chi connectivity index (χ1) is 8.25. The van der Waals surface area contributed by atoms with Gasteiger partial charge in [-0.15, -0.1) is 0 Å². The van der Waals surface area contributed by atoms with Crippen molar-refractivity contribution < 1.29 is 4.79 Å². The van der Waals surface area contributed by atoms with Gasteiger partial charge in [-0.25, -0.2) is 0 Å². The molecule has 1 unspecified atom stereocenters. The number of rotatable bonds is 5. The van der Waals surface area contributed by atoms with Crippen LogP contribution in [0.2, 0.25) is 0 Å². The Balaban J connectivity index is 1.81. The third-order valence-corrected chi connectivity index (χ3v) is 3.67. The smallest absolute Gasteiger partial charge is 0.135 e. The number of benzene rings is 1. The average Bonchev–Trinajstić information content (AvgIpc) is 2.82. The van der Waals surface area contributed by atoms with Crippen molar-refractivity contribution in [3.05, 3.63) is 35.9 Å². The van der Waals surface area contributed by atoms with Crippen LogP contribution in [0.15, 0.2) is 30.3 Å². The highest BCUT2D eigenvalue weighted by Crippen LogP contribution is 2.28. The summed E-state index contributed by atoms with van der Waals surface area (Å²) in [6.07, 6.45) is 6.27. The third-order valence-electron chi connectivity index (χ3n) is 3.67. The van der Waals surface area contributed by atoms with Crippen molar-refractivity contribution >= 4 is 5.78 Å². The van der Waals surface area contributed by atoms with Gasteiger partial charge >= 0.3 is 0 Å². The van der Waals surface area contributed by atoms with E-state index in [0.29, 0.717) is 18.1 Å². The third kappa shape index (κ3) is 3.67. The van der Waals surface area contributed by atoms with E-state index in [1.807, 2.05) is 30.3 Å². The van der Waals surface area contributed by atoms with Crippen molar-refractivity contribution in [1.82, 2.24) is 0 Å². The lowest BCUT2D eigenvalue weighted by atomic mass is 9.95. The molecule has 0 spiro atoms. The van der Waals surface area contributed by atoms with Crippen LogP contribution in [0.3, 0.4) is 0 Å². The summed E-state index contributed by atoms with van der Waals surface area (Å²) in [6, 6.07) is 9.76. The number of Topliss-reactive ketones (excluding diaryl/α,β-unsaturated/α-hetero) is 1. The van der Waals surface area contributed by atoms with E-state index in [2.05, 4.69) is 0 Å². The van der Waals surface area contributed by atoms with Crippen molar-refractivity contribution in [3.63, 3.8) is 0 Å². The van der Waals surface area contributed by atoms with E-state index in [1.165, 1.54) is 25.7 Å². The number of carbonyl (C=O) groups is 1. The molecular weight excluding hydrogens is 210 g/mol. The van der Waals surface area contributed by atoms with Crippen molar-refractivity contribution in [2.24, 2.45) is 11.7 Å². The average molecular weight is 231 g/mol. The number of nitrogens with two attached hydrogens (primary N) is 1. The molecule has 2 N–H and O–H groups in total.